The first-order valence-corrected chi connectivity index (χ1v) is 6.46. The molecule has 0 radical (unpaired) electrons. The van der Waals surface area contributed by atoms with Gasteiger partial charge in [0, 0.05) is 6.92 Å². The molecule has 20 heavy (non-hydrogen) atoms. The number of nitrogens with one attached hydrogen (secondary N) is 1. The largest absolute Gasteiger partial charge is 0.548 e. The van der Waals surface area contributed by atoms with Crippen LogP contribution in [0.2, 0.25) is 0 Å². The van der Waals surface area contributed by atoms with E-state index in [-0.39, 0.29) is 5.92 Å². The summed E-state index contributed by atoms with van der Waals surface area (Å²) >= 11 is 0. The van der Waals surface area contributed by atoms with Crippen LogP contribution in [0.3, 0.4) is 0 Å². The highest BCUT2D eigenvalue weighted by atomic mass is 16.4. The second kappa shape index (κ2) is 5.44. The lowest BCUT2D eigenvalue weighted by Crippen LogP contribution is -2.42. The van der Waals surface area contributed by atoms with Gasteiger partial charge in [0.2, 0.25) is 0 Å². The van der Waals surface area contributed by atoms with Crippen molar-refractivity contribution in [2.45, 2.75) is 40.2 Å². The van der Waals surface area contributed by atoms with Crippen LogP contribution in [-0.2, 0) is 4.79 Å². The van der Waals surface area contributed by atoms with Gasteiger partial charge in [0.05, 0.1) is 12.0 Å². The summed E-state index contributed by atoms with van der Waals surface area (Å²) in [5.74, 6) is 0.347. The van der Waals surface area contributed by atoms with Crippen molar-refractivity contribution in [3.05, 3.63) is 11.7 Å². The molecule has 0 aliphatic heterocycles. The Morgan fingerprint density at radius 2 is 2.00 bits per heavy atom. The van der Waals surface area contributed by atoms with Crippen LogP contribution < -0.4 is 10.4 Å². The van der Waals surface area contributed by atoms with E-state index in [0.29, 0.717) is 35.2 Å². The third kappa shape index (κ3) is 3.04. The second-order valence-corrected chi connectivity index (χ2v) is 5.15. The molecule has 0 spiro atoms. The maximum atomic E-state index is 11.2. The molecule has 0 aromatic carbocycles. The molecule has 0 aliphatic rings. The van der Waals surface area contributed by atoms with E-state index in [2.05, 4.69) is 20.3 Å². The van der Waals surface area contributed by atoms with Gasteiger partial charge >= 0.3 is 0 Å². The number of oxazole rings is 1. The zero-order chi connectivity index (χ0) is 14.9. The summed E-state index contributed by atoms with van der Waals surface area (Å²) in [5.41, 5.74) is 0.780. The Morgan fingerprint density at radius 3 is 2.60 bits per heavy atom. The quantitative estimate of drug-likeness (QED) is 0.862. The van der Waals surface area contributed by atoms with Crippen LogP contribution >= 0.6 is 0 Å². The lowest BCUT2D eigenvalue weighted by Gasteiger charge is -2.22. The Bertz CT molecular complexity index is 636. The maximum absolute atomic E-state index is 11.2. The van der Waals surface area contributed by atoms with Crippen molar-refractivity contribution in [2.75, 3.05) is 5.32 Å². The second-order valence-electron chi connectivity index (χ2n) is 5.15. The number of aliphatic carboxylic acids is 1. The summed E-state index contributed by atoms with van der Waals surface area (Å²) in [6.07, 6.45) is 0.434. The van der Waals surface area contributed by atoms with Crippen molar-refractivity contribution in [1.82, 2.24) is 15.0 Å². The molecule has 0 bridgehead atoms. The summed E-state index contributed by atoms with van der Waals surface area (Å²) in [7, 11) is 0. The Labute approximate surface area is 116 Å². The van der Waals surface area contributed by atoms with Crippen LogP contribution in [0.25, 0.3) is 11.2 Å². The molecule has 1 unspecified atom stereocenters. The highest BCUT2D eigenvalue weighted by Crippen LogP contribution is 2.22. The number of carboxylic acids is 1. The number of nitrogens with zero attached hydrogens (tertiary/aromatic N) is 3. The molecule has 2 aromatic rings. The Balaban J connectivity index is 2.38. The number of hydrogen-bond donors (Lipinski definition) is 1. The van der Waals surface area contributed by atoms with E-state index in [0.717, 1.165) is 0 Å². The van der Waals surface area contributed by atoms with Crippen LogP contribution in [0.1, 0.15) is 32.0 Å². The standard InChI is InChI=1S/C13H18N4O3/c1-6(2)5-9(13(18)19)17-11-10-12(15-7(3)14-11)20-8(4)16-10/h6,9H,5H2,1-4H3,(H,18,19)(H,14,15,17)/p-1. The lowest BCUT2D eigenvalue weighted by atomic mass is 10.0. The molecule has 1 N–H and O–H groups in total. The van der Waals surface area contributed by atoms with Crippen LogP contribution in [0, 0.1) is 19.8 Å². The van der Waals surface area contributed by atoms with Crippen molar-refractivity contribution in [3.63, 3.8) is 0 Å². The average molecular weight is 277 g/mol. The van der Waals surface area contributed by atoms with Crippen molar-refractivity contribution in [2.24, 2.45) is 5.92 Å². The first kappa shape index (κ1) is 14.2. The molecule has 1 atom stereocenters. The summed E-state index contributed by atoms with van der Waals surface area (Å²) in [4.78, 5) is 23.7. The number of anilines is 1. The Morgan fingerprint density at radius 1 is 1.30 bits per heavy atom. The fraction of sp³-hybridized carbons (Fsp3) is 0.538. The zero-order valence-corrected chi connectivity index (χ0v) is 11.9. The normalized spacial score (nSPS) is 12.8. The van der Waals surface area contributed by atoms with Gasteiger partial charge in [-0.1, -0.05) is 13.8 Å². The molecule has 2 aromatic heterocycles. The number of fused-ring (bicyclic) bond motifs is 1. The number of carboxylic acid groups (broad SMARTS) is 1. The van der Waals surface area contributed by atoms with E-state index in [1.165, 1.54) is 0 Å². The smallest absolute Gasteiger partial charge is 0.252 e. The number of carbonyl (C=O) groups excluding carboxylic acids is 1. The molecule has 0 saturated heterocycles. The number of carbonyl (C=O) groups is 1. The highest BCUT2D eigenvalue weighted by molar-refractivity contribution is 5.84. The van der Waals surface area contributed by atoms with Crippen molar-refractivity contribution in [1.29, 1.82) is 0 Å². The topological polar surface area (TPSA) is 104 Å². The van der Waals surface area contributed by atoms with Crippen molar-refractivity contribution in [3.8, 4) is 0 Å². The minimum absolute atomic E-state index is 0.211. The Kier molecular flexibility index (Phi) is 3.87. The van der Waals surface area contributed by atoms with Gasteiger partial charge in [0.1, 0.15) is 5.82 Å². The summed E-state index contributed by atoms with van der Waals surface area (Å²) in [5, 5.41) is 14.1. The van der Waals surface area contributed by atoms with E-state index >= 15 is 0 Å². The summed E-state index contributed by atoms with van der Waals surface area (Å²) in [6.45, 7) is 7.29. The predicted molar refractivity (Wildman–Crippen MR) is 70.9 cm³/mol. The molecule has 2 heterocycles. The molecule has 0 amide bonds. The average Bonchev–Trinajstić information content (AvgIpc) is 2.67. The Hall–Kier alpha value is -2.18. The van der Waals surface area contributed by atoms with Gasteiger partial charge < -0.3 is 19.6 Å². The lowest BCUT2D eigenvalue weighted by molar-refractivity contribution is -0.307. The molecular weight excluding hydrogens is 260 g/mol. The fourth-order valence-electron chi connectivity index (χ4n) is 1.98. The molecule has 7 heteroatoms. The number of aryl methyl sites for hydroxylation is 2. The van der Waals surface area contributed by atoms with Crippen LogP contribution in [0.5, 0.6) is 0 Å². The van der Waals surface area contributed by atoms with E-state index < -0.39 is 12.0 Å². The zero-order valence-electron chi connectivity index (χ0n) is 11.9. The number of aromatic nitrogens is 3. The van der Waals surface area contributed by atoms with Gasteiger partial charge in [-0.25, -0.2) is 9.97 Å². The third-order valence-corrected chi connectivity index (χ3v) is 2.78. The minimum atomic E-state index is -1.16. The van der Waals surface area contributed by atoms with E-state index in [1.54, 1.807) is 13.8 Å². The monoisotopic (exact) mass is 277 g/mol. The van der Waals surface area contributed by atoms with E-state index in [1.807, 2.05) is 13.8 Å². The molecule has 2 rings (SSSR count). The SMILES string of the molecule is Cc1nc(NC(CC(C)C)C(=O)[O-])c2nc(C)oc2n1. The first-order chi connectivity index (χ1) is 9.36. The van der Waals surface area contributed by atoms with Crippen LogP contribution in [0.15, 0.2) is 4.42 Å². The molecule has 108 valence electrons. The fourth-order valence-corrected chi connectivity index (χ4v) is 1.98. The highest BCUT2D eigenvalue weighted by Gasteiger charge is 2.17. The first-order valence-electron chi connectivity index (χ1n) is 6.46. The number of rotatable bonds is 5. The minimum Gasteiger partial charge on any atom is -0.548 e. The summed E-state index contributed by atoms with van der Waals surface area (Å²) < 4.78 is 5.35. The van der Waals surface area contributed by atoms with Crippen molar-refractivity contribution >= 4 is 23.0 Å². The molecule has 7 nitrogen and oxygen atoms in total. The summed E-state index contributed by atoms with van der Waals surface area (Å²) in [6, 6.07) is -0.829. The van der Waals surface area contributed by atoms with Gasteiger partial charge in [-0.05, 0) is 19.3 Å². The molecule has 0 aliphatic carbocycles. The van der Waals surface area contributed by atoms with Gasteiger partial charge in [-0.2, -0.15) is 4.98 Å². The third-order valence-electron chi connectivity index (χ3n) is 2.78. The van der Waals surface area contributed by atoms with Crippen LogP contribution in [0.4, 0.5) is 5.82 Å². The van der Waals surface area contributed by atoms with Gasteiger partial charge in [0.15, 0.2) is 17.2 Å². The molecule has 0 saturated carbocycles. The van der Waals surface area contributed by atoms with Gasteiger partial charge in [-0.15, -0.1) is 0 Å². The van der Waals surface area contributed by atoms with E-state index in [9.17, 15) is 9.90 Å². The predicted octanol–water partition coefficient (Wildman–Crippen LogP) is 0.811. The number of hydrogen-bond acceptors (Lipinski definition) is 7. The van der Waals surface area contributed by atoms with Gasteiger partial charge in [0.25, 0.3) is 5.71 Å². The van der Waals surface area contributed by atoms with Crippen molar-refractivity contribution < 1.29 is 14.3 Å². The molecule has 0 fully saturated rings. The maximum Gasteiger partial charge on any atom is 0.252 e. The van der Waals surface area contributed by atoms with Crippen LogP contribution in [-0.4, -0.2) is 27.0 Å². The van der Waals surface area contributed by atoms with E-state index in [4.69, 9.17) is 4.42 Å². The molecular formula is C13H17N4O3-. The van der Waals surface area contributed by atoms with Gasteiger partial charge in [-0.3, -0.25) is 0 Å².